The SMILES string of the molecule is CC1C[N+](C)([O-])C(C)CO1. The summed E-state index contributed by atoms with van der Waals surface area (Å²) in [5.74, 6) is 0. The summed E-state index contributed by atoms with van der Waals surface area (Å²) >= 11 is 0. The van der Waals surface area contributed by atoms with Crippen LogP contribution < -0.4 is 0 Å². The van der Waals surface area contributed by atoms with Crippen molar-refractivity contribution >= 4 is 0 Å². The Bertz CT molecular complexity index is 125. The third-order valence-corrected chi connectivity index (χ3v) is 2.17. The van der Waals surface area contributed by atoms with Crippen molar-refractivity contribution in [1.82, 2.24) is 0 Å². The summed E-state index contributed by atoms with van der Waals surface area (Å²) in [7, 11) is 1.71. The van der Waals surface area contributed by atoms with Crippen molar-refractivity contribution in [3.63, 3.8) is 0 Å². The second kappa shape index (κ2) is 2.49. The average molecular weight is 145 g/mol. The lowest BCUT2D eigenvalue weighted by atomic mass is 10.2. The molecule has 0 bridgehead atoms. The van der Waals surface area contributed by atoms with Crippen molar-refractivity contribution in [2.24, 2.45) is 0 Å². The zero-order valence-electron chi connectivity index (χ0n) is 6.83. The summed E-state index contributed by atoms with van der Waals surface area (Å²) in [5, 5.41) is 11.5. The first-order chi connectivity index (χ1) is 4.52. The highest BCUT2D eigenvalue weighted by atomic mass is 16.6. The van der Waals surface area contributed by atoms with E-state index in [2.05, 4.69) is 0 Å². The molecule has 0 saturated carbocycles. The molecule has 0 N–H and O–H groups in total. The number of hydrogen-bond donors (Lipinski definition) is 0. The molecule has 3 atom stereocenters. The average Bonchev–Trinajstić information content (AvgIpc) is 1.78. The molecule has 0 aromatic heterocycles. The van der Waals surface area contributed by atoms with Crippen LogP contribution in [0.3, 0.4) is 0 Å². The van der Waals surface area contributed by atoms with Gasteiger partial charge in [0.15, 0.2) is 0 Å². The Morgan fingerprint density at radius 1 is 1.50 bits per heavy atom. The van der Waals surface area contributed by atoms with Crippen LogP contribution in [0.1, 0.15) is 13.8 Å². The van der Waals surface area contributed by atoms with E-state index in [9.17, 15) is 5.21 Å². The summed E-state index contributed by atoms with van der Waals surface area (Å²) < 4.78 is 5.16. The minimum atomic E-state index is -0.152. The first-order valence-corrected chi connectivity index (χ1v) is 3.70. The maximum absolute atomic E-state index is 11.5. The second-order valence-electron chi connectivity index (χ2n) is 3.35. The van der Waals surface area contributed by atoms with Crippen molar-refractivity contribution in [2.45, 2.75) is 26.0 Å². The van der Waals surface area contributed by atoms with Crippen LogP contribution in [0.5, 0.6) is 0 Å². The topological polar surface area (TPSA) is 32.3 Å². The van der Waals surface area contributed by atoms with E-state index in [0.29, 0.717) is 13.2 Å². The first-order valence-electron chi connectivity index (χ1n) is 3.70. The molecule has 0 spiro atoms. The van der Waals surface area contributed by atoms with Gasteiger partial charge in [0.2, 0.25) is 0 Å². The van der Waals surface area contributed by atoms with Gasteiger partial charge in [-0.25, -0.2) is 0 Å². The van der Waals surface area contributed by atoms with Crippen LogP contribution in [0.25, 0.3) is 0 Å². The zero-order valence-corrected chi connectivity index (χ0v) is 6.83. The van der Waals surface area contributed by atoms with Crippen LogP contribution in [0.4, 0.5) is 0 Å². The van der Waals surface area contributed by atoms with Crippen LogP contribution in [0.2, 0.25) is 0 Å². The van der Waals surface area contributed by atoms with Crippen molar-refractivity contribution in [2.75, 3.05) is 20.2 Å². The van der Waals surface area contributed by atoms with E-state index in [1.807, 2.05) is 13.8 Å². The van der Waals surface area contributed by atoms with Gasteiger partial charge in [-0.15, -0.1) is 0 Å². The fourth-order valence-electron chi connectivity index (χ4n) is 1.20. The highest BCUT2D eigenvalue weighted by Crippen LogP contribution is 2.16. The Hall–Kier alpha value is -0.120. The summed E-state index contributed by atoms with van der Waals surface area (Å²) in [6.07, 6.45) is 0.124. The van der Waals surface area contributed by atoms with Crippen molar-refractivity contribution in [1.29, 1.82) is 0 Å². The van der Waals surface area contributed by atoms with Crippen LogP contribution in [-0.4, -0.2) is 37.0 Å². The van der Waals surface area contributed by atoms with E-state index in [4.69, 9.17) is 4.74 Å². The lowest BCUT2D eigenvalue weighted by Crippen LogP contribution is -2.56. The molecule has 0 radical (unpaired) electrons. The van der Waals surface area contributed by atoms with Gasteiger partial charge < -0.3 is 14.6 Å². The van der Waals surface area contributed by atoms with E-state index >= 15 is 0 Å². The molecular formula is C7H15NO2. The third kappa shape index (κ3) is 1.48. The Kier molecular flexibility index (Phi) is 1.99. The summed E-state index contributed by atoms with van der Waals surface area (Å²) in [4.78, 5) is 0. The molecule has 3 unspecified atom stereocenters. The number of rotatable bonds is 0. The molecule has 60 valence electrons. The van der Waals surface area contributed by atoms with E-state index in [1.165, 1.54) is 0 Å². The summed E-state index contributed by atoms with van der Waals surface area (Å²) in [6, 6.07) is 0.0937. The summed E-state index contributed by atoms with van der Waals surface area (Å²) in [6.45, 7) is 5.06. The fraction of sp³-hybridized carbons (Fsp3) is 1.00. The molecular weight excluding hydrogens is 130 g/mol. The molecule has 0 aromatic rings. The quantitative estimate of drug-likeness (QED) is 0.372. The van der Waals surface area contributed by atoms with Gasteiger partial charge in [0.25, 0.3) is 0 Å². The molecule has 1 fully saturated rings. The first kappa shape index (κ1) is 7.98. The van der Waals surface area contributed by atoms with Gasteiger partial charge in [-0.2, -0.15) is 0 Å². The van der Waals surface area contributed by atoms with Gasteiger partial charge in [-0.3, -0.25) is 0 Å². The third-order valence-electron chi connectivity index (χ3n) is 2.17. The van der Waals surface area contributed by atoms with Crippen LogP contribution in [0, 0.1) is 5.21 Å². The Labute approximate surface area is 61.8 Å². The molecule has 1 aliphatic rings. The highest BCUT2D eigenvalue weighted by molar-refractivity contribution is 4.62. The van der Waals surface area contributed by atoms with Gasteiger partial charge >= 0.3 is 0 Å². The number of quaternary nitrogens is 1. The minimum Gasteiger partial charge on any atom is -0.633 e. The lowest BCUT2D eigenvalue weighted by molar-refractivity contribution is -0.896. The maximum Gasteiger partial charge on any atom is 0.109 e. The predicted molar refractivity (Wildman–Crippen MR) is 39.3 cm³/mol. The van der Waals surface area contributed by atoms with Gasteiger partial charge in [0, 0.05) is 0 Å². The Morgan fingerprint density at radius 3 is 2.50 bits per heavy atom. The molecule has 0 amide bonds. The van der Waals surface area contributed by atoms with E-state index < -0.39 is 0 Å². The largest absolute Gasteiger partial charge is 0.633 e. The fourth-order valence-corrected chi connectivity index (χ4v) is 1.20. The van der Waals surface area contributed by atoms with E-state index in [-0.39, 0.29) is 16.8 Å². The van der Waals surface area contributed by atoms with Gasteiger partial charge in [0.1, 0.15) is 18.7 Å². The number of hydroxylamine groups is 3. The lowest BCUT2D eigenvalue weighted by Gasteiger charge is -2.48. The van der Waals surface area contributed by atoms with Crippen molar-refractivity contribution in [3.05, 3.63) is 5.21 Å². The molecule has 1 rings (SSSR count). The standard InChI is InChI=1S/C7H15NO2/c1-6-5-10-7(2)4-8(6,3)9/h6-7H,4-5H2,1-3H3. The zero-order chi connectivity index (χ0) is 7.78. The molecule has 3 heteroatoms. The van der Waals surface area contributed by atoms with Gasteiger partial charge in [-0.05, 0) is 13.8 Å². The normalized spacial score (nSPS) is 49.2. The minimum absolute atomic E-state index is 0.0937. The molecule has 1 saturated heterocycles. The predicted octanol–water partition coefficient (Wildman–Crippen LogP) is 0.738. The van der Waals surface area contributed by atoms with E-state index in [1.54, 1.807) is 7.05 Å². The monoisotopic (exact) mass is 145 g/mol. The van der Waals surface area contributed by atoms with Crippen LogP contribution in [-0.2, 0) is 4.74 Å². The Balaban J connectivity index is 2.55. The summed E-state index contributed by atoms with van der Waals surface area (Å²) in [5.41, 5.74) is 0. The van der Waals surface area contributed by atoms with Crippen molar-refractivity contribution < 1.29 is 9.38 Å². The van der Waals surface area contributed by atoms with Crippen molar-refractivity contribution in [3.8, 4) is 0 Å². The molecule has 1 heterocycles. The van der Waals surface area contributed by atoms with Crippen LogP contribution in [0.15, 0.2) is 0 Å². The molecule has 10 heavy (non-hydrogen) atoms. The highest BCUT2D eigenvalue weighted by Gasteiger charge is 2.28. The number of hydrogen-bond acceptors (Lipinski definition) is 2. The Morgan fingerprint density at radius 2 is 2.10 bits per heavy atom. The second-order valence-corrected chi connectivity index (χ2v) is 3.35. The number of nitrogens with zero attached hydrogens (tertiary/aromatic N) is 1. The molecule has 0 aromatic carbocycles. The smallest absolute Gasteiger partial charge is 0.109 e. The van der Waals surface area contributed by atoms with Gasteiger partial charge in [0.05, 0.1) is 13.7 Å². The van der Waals surface area contributed by atoms with E-state index in [0.717, 1.165) is 0 Å². The number of morpholine rings is 1. The number of likely N-dealkylation sites (N-methyl/N-ethyl adjacent to an activating group) is 1. The molecule has 3 nitrogen and oxygen atoms in total. The molecule has 1 aliphatic heterocycles. The number of ether oxygens (including phenoxy) is 1. The van der Waals surface area contributed by atoms with Crippen LogP contribution >= 0.6 is 0 Å². The van der Waals surface area contributed by atoms with Gasteiger partial charge in [-0.1, -0.05) is 0 Å². The molecule has 0 aliphatic carbocycles. The maximum atomic E-state index is 11.5.